The summed E-state index contributed by atoms with van der Waals surface area (Å²) in [6.07, 6.45) is 1.76. The van der Waals surface area contributed by atoms with Crippen LogP contribution in [0.2, 0.25) is 0 Å². The maximum atomic E-state index is 13.8. The molecule has 0 saturated heterocycles. The zero-order valence-electron chi connectivity index (χ0n) is 10.2. The summed E-state index contributed by atoms with van der Waals surface area (Å²) in [6.45, 7) is 2.07. The Labute approximate surface area is 105 Å². The number of hydrogen-bond acceptors (Lipinski definition) is 2. The van der Waals surface area contributed by atoms with Gasteiger partial charge in [0.1, 0.15) is 11.6 Å². The first-order valence-corrected chi connectivity index (χ1v) is 7.54. The number of hydrogen-bond donors (Lipinski definition) is 1. The molecule has 0 radical (unpaired) electrons. The van der Waals surface area contributed by atoms with Crippen molar-refractivity contribution < 1.29 is 17.2 Å². The summed E-state index contributed by atoms with van der Waals surface area (Å²) in [6, 6.07) is 3.44. The van der Waals surface area contributed by atoms with Gasteiger partial charge in [-0.25, -0.2) is 21.9 Å². The van der Waals surface area contributed by atoms with Crippen molar-refractivity contribution in [1.29, 1.82) is 0 Å². The molecule has 2 rings (SSSR count). The van der Waals surface area contributed by atoms with E-state index in [0.29, 0.717) is 12.0 Å². The highest BCUT2D eigenvalue weighted by molar-refractivity contribution is 7.88. The summed E-state index contributed by atoms with van der Waals surface area (Å²) in [4.78, 5) is 0. The summed E-state index contributed by atoms with van der Waals surface area (Å²) in [7, 11) is -3.32. The van der Waals surface area contributed by atoms with Crippen molar-refractivity contribution in [3.63, 3.8) is 0 Å². The summed E-state index contributed by atoms with van der Waals surface area (Å²) in [5, 5.41) is 0. The molecule has 100 valence electrons. The smallest absolute Gasteiger partial charge is 0.208 e. The van der Waals surface area contributed by atoms with Gasteiger partial charge in [0.15, 0.2) is 0 Å². The van der Waals surface area contributed by atoms with Crippen molar-refractivity contribution in [1.82, 2.24) is 4.72 Å². The van der Waals surface area contributed by atoms with Crippen molar-refractivity contribution in [2.24, 2.45) is 5.92 Å². The monoisotopic (exact) mass is 275 g/mol. The second kappa shape index (κ2) is 4.28. The zero-order chi connectivity index (χ0) is 13.6. The highest BCUT2D eigenvalue weighted by atomic mass is 32.2. The lowest BCUT2D eigenvalue weighted by molar-refractivity contribution is 0.519. The molecule has 0 bridgehead atoms. The van der Waals surface area contributed by atoms with Crippen LogP contribution in [0.4, 0.5) is 8.78 Å². The topological polar surface area (TPSA) is 46.2 Å². The van der Waals surface area contributed by atoms with Crippen LogP contribution in [0.1, 0.15) is 18.9 Å². The minimum atomic E-state index is -3.32. The van der Waals surface area contributed by atoms with Gasteiger partial charge in [0, 0.05) is 18.0 Å². The molecule has 18 heavy (non-hydrogen) atoms. The fraction of sp³-hybridized carbons (Fsp3) is 0.500. The van der Waals surface area contributed by atoms with E-state index in [2.05, 4.69) is 4.72 Å². The van der Waals surface area contributed by atoms with Gasteiger partial charge in [0.25, 0.3) is 0 Å². The number of benzene rings is 1. The highest BCUT2D eigenvalue weighted by Crippen LogP contribution is 2.54. The molecule has 1 aromatic carbocycles. The molecule has 0 spiro atoms. The van der Waals surface area contributed by atoms with Gasteiger partial charge >= 0.3 is 0 Å². The Hall–Kier alpha value is -1.01. The van der Waals surface area contributed by atoms with Gasteiger partial charge in [-0.2, -0.15) is 0 Å². The molecule has 1 saturated carbocycles. The molecule has 1 aromatic rings. The quantitative estimate of drug-likeness (QED) is 0.910. The molecule has 1 fully saturated rings. The zero-order valence-corrected chi connectivity index (χ0v) is 11.0. The summed E-state index contributed by atoms with van der Waals surface area (Å²) in [5.74, 6) is -1.07. The molecule has 0 aliphatic heterocycles. The molecular weight excluding hydrogens is 260 g/mol. The van der Waals surface area contributed by atoms with Crippen LogP contribution in [0, 0.1) is 17.6 Å². The fourth-order valence-corrected chi connectivity index (χ4v) is 2.88. The van der Waals surface area contributed by atoms with Crippen molar-refractivity contribution >= 4 is 10.0 Å². The van der Waals surface area contributed by atoms with E-state index < -0.39 is 27.1 Å². The van der Waals surface area contributed by atoms with Crippen LogP contribution in [0.15, 0.2) is 18.2 Å². The van der Waals surface area contributed by atoms with Gasteiger partial charge in [-0.15, -0.1) is 0 Å². The molecule has 2 atom stereocenters. The number of halogens is 2. The molecule has 6 heteroatoms. The van der Waals surface area contributed by atoms with Crippen LogP contribution < -0.4 is 4.72 Å². The molecule has 2 unspecified atom stereocenters. The van der Waals surface area contributed by atoms with Gasteiger partial charge in [-0.3, -0.25) is 0 Å². The highest BCUT2D eigenvalue weighted by Gasteiger charge is 2.53. The third-order valence-electron chi connectivity index (χ3n) is 3.57. The van der Waals surface area contributed by atoms with Crippen molar-refractivity contribution in [3.8, 4) is 0 Å². The molecular formula is C12H15F2NO2S. The van der Waals surface area contributed by atoms with Crippen molar-refractivity contribution in [2.75, 3.05) is 12.8 Å². The second-order valence-corrected chi connectivity index (χ2v) is 6.81. The lowest BCUT2D eigenvalue weighted by Gasteiger charge is -2.18. The Kier molecular flexibility index (Phi) is 3.19. The van der Waals surface area contributed by atoms with E-state index in [0.717, 1.165) is 12.3 Å². The maximum Gasteiger partial charge on any atom is 0.208 e. The van der Waals surface area contributed by atoms with Crippen LogP contribution in [0.5, 0.6) is 0 Å². The van der Waals surface area contributed by atoms with Gasteiger partial charge in [0.05, 0.1) is 6.26 Å². The Balaban J connectivity index is 2.28. The Morgan fingerprint density at radius 2 is 2.06 bits per heavy atom. The van der Waals surface area contributed by atoms with Crippen LogP contribution in [0.3, 0.4) is 0 Å². The summed E-state index contributed by atoms with van der Waals surface area (Å²) in [5.41, 5.74) is -0.159. The molecule has 0 amide bonds. The molecule has 3 nitrogen and oxygen atoms in total. The Bertz CT molecular complexity index is 573. The minimum absolute atomic E-state index is 0.148. The van der Waals surface area contributed by atoms with E-state index in [1.54, 1.807) is 0 Å². The lowest BCUT2D eigenvalue weighted by atomic mass is 9.93. The predicted octanol–water partition coefficient (Wildman–Crippen LogP) is 1.79. The largest absolute Gasteiger partial charge is 0.215 e. The van der Waals surface area contributed by atoms with E-state index in [-0.39, 0.29) is 12.5 Å². The Morgan fingerprint density at radius 1 is 1.44 bits per heavy atom. The van der Waals surface area contributed by atoms with E-state index in [9.17, 15) is 17.2 Å². The van der Waals surface area contributed by atoms with Crippen molar-refractivity contribution in [3.05, 3.63) is 35.4 Å². The van der Waals surface area contributed by atoms with Crippen LogP contribution in [-0.4, -0.2) is 21.2 Å². The first-order valence-electron chi connectivity index (χ1n) is 5.65. The van der Waals surface area contributed by atoms with E-state index in [1.165, 1.54) is 12.1 Å². The standard InChI is InChI=1S/C12H15F2NO2S/c1-8-6-12(8,7-15-18(2,16)17)10-4-3-9(13)5-11(10)14/h3-5,8,15H,6-7H2,1-2H3. The molecule has 1 aliphatic carbocycles. The lowest BCUT2D eigenvalue weighted by Crippen LogP contribution is -2.33. The van der Waals surface area contributed by atoms with Crippen LogP contribution >= 0.6 is 0 Å². The van der Waals surface area contributed by atoms with Crippen LogP contribution in [0.25, 0.3) is 0 Å². The van der Waals surface area contributed by atoms with Gasteiger partial charge in [-0.05, 0) is 24.0 Å². The summed E-state index contributed by atoms with van der Waals surface area (Å²) < 4.78 is 51.3. The van der Waals surface area contributed by atoms with Gasteiger partial charge in [-0.1, -0.05) is 13.0 Å². The molecule has 0 aromatic heterocycles. The Morgan fingerprint density at radius 3 is 2.50 bits per heavy atom. The number of rotatable bonds is 4. The third-order valence-corrected chi connectivity index (χ3v) is 4.24. The molecule has 0 heterocycles. The normalized spacial score (nSPS) is 27.2. The minimum Gasteiger partial charge on any atom is -0.215 e. The molecule has 1 N–H and O–H groups in total. The first-order chi connectivity index (χ1) is 8.24. The maximum absolute atomic E-state index is 13.8. The van der Waals surface area contributed by atoms with E-state index in [1.807, 2.05) is 6.92 Å². The summed E-state index contributed by atoms with van der Waals surface area (Å²) >= 11 is 0. The van der Waals surface area contributed by atoms with Crippen LogP contribution in [-0.2, 0) is 15.4 Å². The average molecular weight is 275 g/mol. The average Bonchev–Trinajstić information content (AvgIpc) is 2.86. The van der Waals surface area contributed by atoms with Gasteiger partial charge < -0.3 is 0 Å². The third kappa shape index (κ3) is 2.54. The van der Waals surface area contributed by atoms with E-state index >= 15 is 0 Å². The number of sulfonamides is 1. The molecule has 1 aliphatic rings. The van der Waals surface area contributed by atoms with Gasteiger partial charge in [0.2, 0.25) is 10.0 Å². The predicted molar refractivity (Wildman–Crippen MR) is 64.7 cm³/mol. The number of nitrogens with one attached hydrogen (secondary N) is 1. The van der Waals surface area contributed by atoms with Crippen molar-refractivity contribution in [2.45, 2.75) is 18.8 Å². The second-order valence-electron chi connectivity index (χ2n) is 4.98. The fourth-order valence-electron chi connectivity index (χ4n) is 2.36. The first kappa shape index (κ1) is 13.4. The van der Waals surface area contributed by atoms with E-state index in [4.69, 9.17) is 0 Å². The SMILES string of the molecule is CC1CC1(CNS(C)(=O)=O)c1ccc(F)cc1F.